The van der Waals surface area contributed by atoms with Gasteiger partial charge in [-0.2, -0.15) is 0 Å². The van der Waals surface area contributed by atoms with Gasteiger partial charge < -0.3 is 10.5 Å². The van der Waals surface area contributed by atoms with Crippen LogP contribution in [0.2, 0.25) is 0 Å². The molecular formula is C10H21NO. The lowest BCUT2D eigenvalue weighted by atomic mass is 9.77. The number of rotatable bonds is 3. The Morgan fingerprint density at radius 2 is 2.00 bits per heavy atom. The van der Waals surface area contributed by atoms with Crippen LogP contribution in [0.4, 0.5) is 0 Å². The first-order valence-corrected chi connectivity index (χ1v) is 4.92. The van der Waals surface area contributed by atoms with Gasteiger partial charge in [0, 0.05) is 13.2 Å². The van der Waals surface area contributed by atoms with E-state index in [9.17, 15) is 0 Å². The summed E-state index contributed by atoms with van der Waals surface area (Å²) in [5.74, 6) is 0. The summed E-state index contributed by atoms with van der Waals surface area (Å²) in [6, 6.07) is 0. The van der Waals surface area contributed by atoms with E-state index in [4.69, 9.17) is 10.5 Å². The Labute approximate surface area is 75.5 Å². The number of hydrogen-bond donors (Lipinski definition) is 1. The molecule has 0 spiro atoms. The Balaban J connectivity index is 2.76. The molecule has 1 atom stereocenters. The highest BCUT2D eigenvalue weighted by Gasteiger charge is 2.48. The lowest BCUT2D eigenvalue weighted by Gasteiger charge is -2.40. The molecule has 0 aliphatic heterocycles. The molecule has 2 N–H and O–H groups in total. The number of hydrogen-bond acceptors (Lipinski definition) is 2. The predicted octanol–water partition coefficient (Wildman–Crippen LogP) is 1.93. The lowest BCUT2D eigenvalue weighted by molar-refractivity contribution is -0.0934. The Hall–Kier alpha value is -0.0800. The van der Waals surface area contributed by atoms with Gasteiger partial charge in [-0.1, -0.05) is 13.8 Å². The van der Waals surface area contributed by atoms with Crippen LogP contribution in [-0.2, 0) is 4.74 Å². The fourth-order valence-electron chi connectivity index (χ4n) is 2.36. The van der Waals surface area contributed by atoms with Gasteiger partial charge in [-0.05, 0) is 31.6 Å². The molecule has 2 heteroatoms. The molecule has 0 bridgehead atoms. The van der Waals surface area contributed by atoms with Gasteiger partial charge in [-0.25, -0.2) is 0 Å². The zero-order chi connectivity index (χ0) is 9.24. The monoisotopic (exact) mass is 171 g/mol. The van der Waals surface area contributed by atoms with Crippen LogP contribution in [-0.4, -0.2) is 18.8 Å². The zero-order valence-corrected chi connectivity index (χ0v) is 8.52. The van der Waals surface area contributed by atoms with E-state index in [1.165, 1.54) is 12.8 Å². The van der Waals surface area contributed by atoms with Gasteiger partial charge in [0.25, 0.3) is 0 Å². The van der Waals surface area contributed by atoms with Crippen LogP contribution in [0.15, 0.2) is 0 Å². The van der Waals surface area contributed by atoms with Crippen molar-refractivity contribution in [3.63, 3.8) is 0 Å². The zero-order valence-electron chi connectivity index (χ0n) is 8.52. The van der Waals surface area contributed by atoms with Crippen LogP contribution in [0.25, 0.3) is 0 Å². The van der Waals surface area contributed by atoms with E-state index in [2.05, 4.69) is 13.8 Å². The highest BCUT2D eigenvalue weighted by molar-refractivity contribution is 5.00. The topological polar surface area (TPSA) is 35.2 Å². The van der Waals surface area contributed by atoms with Crippen LogP contribution < -0.4 is 5.73 Å². The van der Waals surface area contributed by atoms with Crippen LogP contribution in [0.1, 0.15) is 40.0 Å². The Morgan fingerprint density at radius 3 is 2.33 bits per heavy atom. The summed E-state index contributed by atoms with van der Waals surface area (Å²) in [7, 11) is 0. The summed E-state index contributed by atoms with van der Waals surface area (Å²) in [6.07, 6.45) is 3.62. The summed E-state index contributed by atoms with van der Waals surface area (Å²) in [4.78, 5) is 0. The van der Waals surface area contributed by atoms with Crippen LogP contribution >= 0.6 is 0 Å². The molecule has 12 heavy (non-hydrogen) atoms. The molecule has 1 aliphatic rings. The van der Waals surface area contributed by atoms with Gasteiger partial charge in [-0.15, -0.1) is 0 Å². The van der Waals surface area contributed by atoms with Crippen molar-refractivity contribution < 1.29 is 4.74 Å². The van der Waals surface area contributed by atoms with E-state index in [1.807, 2.05) is 6.92 Å². The molecule has 1 rings (SSSR count). The molecule has 0 amide bonds. The van der Waals surface area contributed by atoms with Crippen molar-refractivity contribution in [3.8, 4) is 0 Å². The van der Waals surface area contributed by atoms with Crippen molar-refractivity contribution in [3.05, 3.63) is 0 Å². The van der Waals surface area contributed by atoms with Crippen molar-refractivity contribution >= 4 is 0 Å². The maximum atomic E-state index is 5.83. The summed E-state index contributed by atoms with van der Waals surface area (Å²) >= 11 is 0. The van der Waals surface area contributed by atoms with E-state index < -0.39 is 0 Å². The fraction of sp³-hybridized carbons (Fsp3) is 1.00. The Kier molecular flexibility index (Phi) is 2.79. The summed E-state index contributed by atoms with van der Waals surface area (Å²) < 4.78 is 5.83. The molecule has 1 saturated carbocycles. The second kappa shape index (κ2) is 3.35. The first kappa shape index (κ1) is 10.0. The van der Waals surface area contributed by atoms with E-state index in [-0.39, 0.29) is 11.0 Å². The maximum absolute atomic E-state index is 5.83. The van der Waals surface area contributed by atoms with E-state index in [0.29, 0.717) is 6.54 Å². The van der Waals surface area contributed by atoms with Gasteiger partial charge in [0.2, 0.25) is 0 Å². The Bertz CT molecular complexity index is 156. The largest absolute Gasteiger partial charge is 0.373 e. The van der Waals surface area contributed by atoms with Crippen LogP contribution in [0.3, 0.4) is 0 Å². The van der Waals surface area contributed by atoms with Crippen molar-refractivity contribution in [1.29, 1.82) is 0 Å². The summed E-state index contributed by atoms with van der Waals surface area (Å²) in [5.41, 5.74) is 6.03. The molecular weight excluding hydrogens is 150 g/mol. The third-order valence-corrected chi connectivity index (χ3v) is 3.37. The van der Waals surface area contributed by atoms with Crippen molar-refractivity contribution in [2.24, 2.45) is 11.1 Å². The normalized spacial score (nSPS) is 34.0. The van der Waals surface area contributed by atoms with Gasteiger partial charge in [0.1, 0.15) is 0 Å². The molecule has 0 aromatic rings. The number of nitrogens with two attached hydrogens (primary N) is 1. The molecule has 0 saturated heterocycles. The SMILES string of the molecule is CCOC1(CN)CCCC1(C)C. The first-order chi connectivity index (χ1) is 5.58. The molecule has 0 heterocycles. The smallest absolute Gasteiger partial charge is 0.0854 e. The van der Waals surface area contributed by atoms with Gasteiger partial charge >= 0.3 is 0 Å². The number of ether oxygens (including phenoxy) is 1. The molecule has 0 aromatic carbocycles. The molecule has 1 aliphatic carbocycles. The second-order valence-corrected chi connectivity index (χ2v) is 4.37. The van der Waals surface area contributed by atoms with E-state index in [0.717, 1.165) is 13.0 Å². The third-order valence-electron chi connectivity index (χ3n) is 3.37. The molecule has 1 fully saturated rings. The molecule has 0 radical (unpaired) electrons. The molecule has 0 aromatic heterocycles. The van der Waals surface area contributed by atoms with Crippen molar-refractivity contribution in [2.75, 3.05) is 13.2 Å². The van der Waals surface area contributed by atoms with Gasteiger partial charge in [0.05, 0.1) is 5.60 Å². The molecule has 72 valence electrons. The van der Waals surface area contributed by atoms with Crippen molar-refractivity contribution in [1.82, 2.24) is 0 Å². The minimum Gasteiger partial charge on any atom is -0.373 e. The highest BCUT2D eigenvalue weighted by Crippen LogP contribution is 2.47. The standard InChI is InChI=1S/C10H21NO/c1-4-12-10(8-11)7-5-6-9(10,2)3/h4-8,11H2,1-3H3. The van der Waals surface area contributed by atoms with Gasteiger partial charge in [-0.3, -0.25) is 0 Å². The minimum atomic E-state index is -0.0399. The van der Waals surface area contributed by atoms with E-state index >= 15 is 0 Å². The highest BCUT2D eigenvalue weighted by atomic mass is 16.5. The third kappa shape index (κ3) is 1.38. The fourth-order valence-corrected chi connectivity index (χ4v) is 2.36. The van der Waals surface area contributed by atoms with E-state index in [1.54, 1.807) is 0 Å². The second-order valence-electron chi connectivity index (χ2n) is 4.37. The average Bonchev–Trinajstić information content (AvgIpc) is 2.29. The van der Waals surface area contributed by atoms with Crippen LogP contribution in [0, 0.1) is 5.41 Å². The van der Waals surface area contributed by atoms with Gasteiger partial charge in [0.15, 0.2) is 0 Å². The average molecular weight is 171 g/mol. The minimum absolute atomic E-state index is 0.0399. The maximum Gasteiger partial charge on any atom is 0.0854 e. The lowest BCUT2D eigenvalue weighted by Crippen LogP contribution is -2.49. The summed E-state index contributed by atoms with van der Waals surface area (Å²) in [6.45, 7) is 8.02. The Morgan fingerprint density at radius 1 is 1.33 bits per heavy atom. The first-order valence-electron chi connectivity index (χ1n) is 4.92. The van der Waals surface area contributed by atoms with Crippen molar-refractivity contribution in [2.45, 2.75) is 45.6 Å². The molecule has 2 nitrogen and oxygen atoms in total. The van der Waals surface area contributed by atoms with Crippen LogP contribution in [0.5, 0.6) is 0 Å². The quantitative estimate of drug-likeness (QED) is 0.704. The molecule has 1 unspecified atom stereocenters. The predicted molar refractivity (Wildman–Crippen MR) is 51.0 cm³/mol. The summed E-state index contributed by atoms with van der Waals surface area (Å²) in [5, 5.41) is 0.